The molecule has 2 N–H and O–H groups in total. The number of nitro benzene ring substituents is 1. The van der Waals surface area contributed by atoms with Crippen LogP contribution in [0.15, 0.2) is 48.5 Å². The standard InChI is InChI=1S/C16H16ClN3O4/c17-12-6-7-14(15(10-12)20(23)24)18-16(22)11-19(8-9-21)13-4-2-1-3-5-13/h1-7,10,21H,8-9,11H2,(H,18,22). The lowest BCUT2D eigenvalue weighted by Crippen LogP contribution is -2.35. The SMILES string of the molecule is O=C(CN(CCO)c1ccccc1)Nc1ccc(Cl)cc1[N+](=O)[O-]. The Morgan fingerprint density at radius 1 is 1.25 bits per heavy atom. The van der Waals surface area contributed by atoms with Crippen molar-refractivity contribution in [2.75, 3.05) is 29.9 Å². The van der Waals surface area contributed by atoms with Gasteiger partial charge in [0.2, 0.25) is 5.91 Å². The Balaban J connectivity index is 2.13. The zero-order chi connectivity index (χ0) is 17.5. The Morgan fingerprint density at radius 2 is 1.96 bits per heavy atom. The summed E-state index contributed by atoms with van der Waals surface area (Å²) in [5.74, 6) is -0.433. The number of nitro groups is 1. The van der Waals surface area contributed by atoms with Crippen molar-refractivity contribution in [3.63, 3.8) is 0 Å². The maximum absolute atomic E-state index is 12.2. The summed E-state index contributed by atoms with van der Waals surface area (Å²) >= 11 is 5.75. The summed E-state index contributed by atoms with van der Waals surface area (Å²) in [5, 5.41) is 23.0. The number of para-hydroxylation sites is 1. The summed E-state index contributed by atoms with van der Waals surface area (Å²) in [7, 11) is 0. The van der Waals surface area contributed by atoms with Gasteiger partial charge in [-0.1, -0.05) is 29.8 Å². The van der Waals surface area contributed by atoms with Crippen LogP contribution in [0.1, 0.15) is 0 Å². The summed E-state index contributed by atoms with van der Waals surface area (Å²) in [6, 6.07) is 13.1. The number of aliphatic hydroxyl groups excluding tert-OH is 1. The number of rotatable bonds is 7. The van der Waals surface area contributed by atoms with Gasteiger partial charge in [0, 0.05) is 23.3 Å². The van der Waals surface area contributed by atoms with E-state index in [9.17, 15) is 20.0 Å². The van der Waals surface area contributed by atoms with E-state index in [1.165, 1.54) is 18.2 Å². The molecule has 0 atom stereocenters. The topological polar surface area (TPSA) is 95.7 Å². The van der Waals surface area contributed by atoms with E-state index >= 15 is 0 Å². The number of nitrogens with one attached hydrogen (secondary N) is 1. The minimum absolute atomic E-state index is 0.0512. The molecule has 1 amide bonds. The molecular weight excluding hydrogens is 334 g/mol. The van der Waals surface area contributed by atoms with Crippen molar-refractivity contribution < 1.29 is 14.8 Å². The van der Waals surface area contributed by atoms with Crippen molar-refractivity contribution in [3.05, 3.63) is 63.7 Å². The van der Waals surface area contributed by atoms with E-state index in [1.54, 1.807) is 4.90 Å². The largest absolute Gasteiger partial charge is 0.395 e. The maximum atomic E-state index is 12.2. The Morgan fingerprint density at radius 3 is 2.58 bits per heavy atom. The lowest BCUT2D eigenvalue weighted by atomic mass is 10.2. The number of halogens is 1. The quantitative estimate of drug-likeness (QED) is 0.592. The summed E-state index contributed by atoms with van der Waals surface area (Å²) < 4.78 is 0. The van der Waals surface area contributed by atoms with Gasteiger partial charge in [-0.05, 0) is 24.3 Å². The van der Waals surface area contributed by atoms with Crippen LogP contribution in [-0.4, -0.2) is 35.6 Å². The molecule has 2 aromatic carbocycles. The molecule has 0 bridgehead atoms. The first kappa shape index (κ1) is 17.7. The molecule has 0 saturated carbocycles. The Kier molecular flexibility index (Phi) is 6.11. The van der Waals surface area contributed by atoms with Crippen LogP contribution in [0.4, 0.5) is 17.1 Å². The molecule has 24 heavy (non-hydrogen) atoms. The molecule has 0 aromatic heterocycles. The van der Waals surface area contributed by atoms with Crippen molar-refractivity contribution in [1.29, 1.82) is 0 Å². The lowest BCUT2D eigenvalue weighted by molar-refractivity contribution is -0.383. The van der Waals surface area contributed by atoms with E-state index < -0.39 is 10.8 Å². The summed E-state index contributed by atoms with van der Waals surface area (Å²) in [4.78, 5) is 24.4. The van der Waals surface area contributed by atoms with Gasteiger partial charge in [0.05, 0.1) is 18.1 Å². The number of amides is 1. The van der Waals surface area contributed by atoms with Gasteiger partial charge < -0.3 is 15.3 Å². The van der Waals surface area contributed by atoms with Crippen molar-refractivity contribution in [2.45, 2.75) is 0 Å². The number of benzene rings is 2. The first-order valence-electron chi connectivity index (χ1n) is 7.16. The Bertz CT molecular complexity index is 725. The Hall–Kier alpha value is -2.64. The molecule has 8 heteroatoms. The van der Waals surface area contributed by atoms with E-state index in [-0.39, 0.29) is 36.1 Å². The van der Waals surface area contributed by atoms with Gasteiger partial charge in [-0.25, -0.2) is 0 Å². The third-order valence-corrected chi connectivity index (χ3v) is 3.49. The fourth-order valence-corrected chi connectivity index (χ4v) is 2.35. The molecule has 2 aromatic rings. The number of anilines is 2. The average molecular weight is 350 g/mol. The zero-order valence-corrected chi connectivity index (χ0v) is 13.4. The van der Waals surface area contributed by atoms with E-state index in [4.69, 9.17) is 11.6 Å². The highest BCUT2D eigenvalue weighted by Gasteiger charge is 2.18. The highest BCUT2D eigenvalue weighted by molar-refractivity contribution is 6.31. The van der Waals surface area contributed by atoms with Crippen LogP contribution in [0.5, 0.6) is 0 Å². The molecule has 2 rings (SSSR count). The van der Waals surface area contributed by atoms with Crippen LogP contribution < -0.4 is 10.2 Å². The van der Waals surface area contributed by atoms with Crippen LogP contribution in [-0.2, 0) is 4.79 Å². The summed E-state index contributed by atoms with van der Waals surface area (Å²) in [6.45, 7) is 0.0910. The normalized spacial score (nSPS) is 10.2. The molecule has 0 heterocycles. The minimum Gasteiger partial charge on any atom is -0.395 e. The highest BCUT2D eigenvalue weighted by Crippen LogP contribution is 2.27. The second kappa shape index (κ2) is 8.28. The summed E-state index contributed by atoms with van der Waals surface area (Å²) in [6.07, 6.45) is 0. The van der Waals surface area contributed by atoms with E-state index in [0.29, 0.717) is 0 Å². The van der Waals surface area contributed by atoms with Crippen LogP contribution in [0.2, 0.25) is 5.02 Å². The van der Waals surface area contributed by atoms with Crippen molar-refractivity contribution in [3.8, 4) is 0 Å². The highest BCUT2D eigenvalue weighted by atomic mass is 35.5. The molecular formula is C16H16ClN3O4. The number of carbonyl (C=O) groups is 1. The first-order valence-corrected chi connectivity index (χ1v) is 7.53. The molecule has 0 aliphatic heterocycles. The van der Waals surface area contributed by atoms with Gasteiger partial charge >= 0.3 is 0 Å². The van der Waals surface area contributed by atoms with Crippen molar-refractivity contribution in [2.24, 2.45) is 0 Å². The fourth-order valence-electron chi connectivity index (χ4n) is 2.18. The van der Waals surface area contributed by atoms with E-state index in [1.807, 2.05) is 30.3 Å². The number of hydrogen-bond donors (Lipinski definition) is 2. The van der Waals surface area contributed by atoms with Crippen LogP contribution >= 0.6 is 11.6 Å². The number of aliphatic hydroxyl groups is 1. The molecule has 0 fully saturated rings. The van der Waals surface area contributed by atoms with Crippen LogP contribution in [0, 0.1) is 10.1 Å². The number of nitrogens with zero attached hydrogens (tertiary/aromatic N) is 2. The second-order valence-electron chi connectivity index (χ2n) is 4.95. The lowest BCUT2D eigenvalue weighted by Gasteiger charge is -2.23. The maximum Gasteiger partial charge on any atom is 0.294 e. The molecule has 0 unspecified atom stereocenters. The third-order valence-electron chi connectivity index (χ3n) is 3.26. The first-order chi connectivity index (χ1) is 11.5. The molecule has 0 aliphatic carbocycles. The van der Waals surface area contributed by atoms with Gasteiger partial charge in [-0.2, -0.15) is 0 Å². The zero-order valence-electron chi connectivity index (χ0n) is 12.7. The molecule has 7 nitrogen and oxygen atoms in total. The molecule has 0 spiro atoms. The second-order valence-corrected chi connectivity index (χ2v) is 5.38. The van der Waals surface area contributed by atoms with Gasteiger partial charge in [-0.3, -0.25) is 14.9 Å². The molecule has 0 saturated heterocycles. The van der Waals surface area contributed by atoms with Gasteiger partial charge in [0.15, 0.2) is 0 Å². The molecule has 0 radical (unpaired) electrons. The van der Waals surface area contributed by atoms with E-state index in [0.717, 1.165) is 5.69 Å². The predicted octanol–water partition coefficient (Wildman–Crippen LogP) is 2.69. The molecule has 0 aliphatic rings. The van der Waals surface area contributed by atoms with Crippen molar-refractivity contribution >= 4 is 34.6 Å². The van der Waals surface area contributed by atoms with Gasteiger partial charge in [-0.15, -0.1) is 0 Å². The minimum atomic E-state index is -0.607. The number of carbonyl (C=O) groups excluding carboxylic acids is 1. The van der Waals surface area contributed by atoms with Crippen LogP contribution in [0.25, 0.3) is 0 Å². The van der Waals surface area contributed by atoms with Gasteiger partial charge in [0.1, 0.15) is 5.69 Å². The van der Waals surface area contributed by atoms with Crippen molar-refractivity contribution in [1.82, 2.24) is 0 Å². The van der Waals surface area contributed by atoms with Crippen LogP contribution in [0.3, 0.4) is 0 Å². The monoisotopic (exact) mass is 349 g/mol. The Labute approximate surface area is 143 Å². The third kappa shape index (κ3) is 4.68. The fraction of sp³-hybridized carbons (Fsp3) is 0.188. The molecule has 126 valence electrons. The average Bonchev–Trinajstić information content (AvgIpc) is 2.56. The van der Waals surface area contributed by atoms with E-state index in [2.05, 4.69) is 5.32 Å². The smallest absolute Gasteiger partial charge is 0.294 e. The van der Waals surface area contributed by atoms with Gasteiger partial charge in [0.25, 0.3) is 5.69 Å². The predicted molar refractivity (Wildman–Crippen MR) is 92.5 cm³/mol. The summed E-state index contributed by atoms with van der Waals surface area (Å²) in [5.41, 5.74) is 0.572. The number of hydrogen-bond acceptors (Lipinski definition) is 5.